The Labute approximate surface area is 117 Å². The van der Waals surface area contributed by atoms with Crippen molar-refractivity contribution in [3.8, 4) is 0 Å². The highest BCUT2D eigenvalue weighted by Crippen LogP contribution is 2.10. The zero-order valence-electron chi connectivity index (χ0n) is 11.3. The van der Waals surface area contributed by atoms with Crippen LogP contribution in [0.4, 0.5) is 0 Å². The van der Waals surface area contributed by atoms with Gasteiger partial charge in [0.2, 0.25) is 0 Å². The first-order valence-corrected chi connectivity index (χ1v) is 7.46. The molecule has 0 aromatic carbocycles. The average Bonchev–Trinajstić information content (AvgIpc) is 2.97. The van der Waals surface area contributed by atoms with Crippen LogP contribution in [0.25, 0.3) is 4.96 Å². The van der Waals surface area contributed by atoms with Crippen molar-refractivity contribution in [1.29, 1.82) is 0 Å². The Morgan fingerprint density at radius 3 is 3.11 bits per heavy atom. The van der Waals surface area contributed by atoms with Gasteiger partial charge in [0, 0.05) is 38.0 Å². The zero-order chi connectivity index (χ0) is 13.3. The highest BCUT2D eigenvalue weighted by atomic mass is 32.1. The molecule has 0 saturated heterocycles. The summed E-state index contributed by atoms with van der Waals surface area (Å²) in [5, 5.41) is 5.45. The summed E-state index contributed by atoms with van der Waals surface area (Å²) in [6, 6.07) is 0. The van der Waals surface area contributed by atoms with Crippen LogP contribution in [0, 0.1) is 0 Å². The Kier molecular flexibility index (Phi) is 6.29. The minimum absolute atomic E-state index is 0.676. The highest BCUT2D eigenvalue weighted by Gasteiger charge is 2.01. The van der Waals surface area contributed by atoms with Crippen LogP contribution in [-0.4, -0.2) is 42.9 Å². The number of ether oxygens (including phenoxy) is 2. The van der Waals surface area contributed by atoms with Crippen molar-refractivity contribution < 1.29 is 9.47 Å². The van der Waals surface area contributed by atoms with Crippen molar-refractivity contribution in [3.05, 3.63) is 23.5 Å². The minimum Gasteiger partial charge on any atom is -0.382 e. The van der Waals surface area contributed by atoms with Crippen LogP contribution in [0.5, 0.6) is 0 Å². The monoisotopic (exact) mass is 283 g/mol. The fraction of sp³-hybridized carbons (Fsp3) is 0.615. The summed E-state index contributed by atoms with van der Waals surface area (Å²) in [6.45, 7) is 4.01. The van der Waals surface area contributed by atoms with Crippen LogP contribution in [0.2, 0.25) is 0 Å². The number of nitrogens with zero attached hydrogens (tertiary/aromatic N) is 2. The second-order valence-electron chi connectivity index (χ2n) is 4.31. The SMILES string of the molecule is COCCOCCCCNCc1cn2ccsc2n1. The molecule has 0 bridgehead atoms. The van der Waals surface area contributed by atoms with E-state index in [2.05, 4.69) is 20.9 Å². The maximum atomic E-state index is 5.40. The quantitative estimate of drug-likeness (QED) is 0.677. The zero-order valence-corrected chi connectivity index (χ0v) is 12.1. The summed E-state index contributed by atoms with van der Waals surface area (Å²) in [4.78, 5) is 5.58. The predicted octanol–water partition coefficient (Wildman–Crippen LogP) is 1.93. The summed E-state index contributed by atoms with van der Waals surface area (Å²) >= 11 is 1.66. The molecule has 0 atom stereocenters. The van der Waals surface area contributed by atoms with Gasteiger partial charge in [-0.05, 0) is 19.4 Å². The van der Waals surface area contributed by atoms with E-state index >= 15 is 0 Å². The maximum Gasteiger partial charge on any atom is 0.193 e. The van der Waals surface area contributed by atoms with Gasteiger partial charge in [0.15, 0.2) is 4.96 Å². The number of nitrogens with one attached hydrogen (secondary N) is 1. The number of imidazole rings is 1. The largest absolute Gasteiger partial charge is 0.382 e. The lowest BCUT2D eigenvalue weighted by atomic mass is 10.3. The van der Waals surface area contributed by atoms with E-state index < -0.39 is 0 Å². The number of aromatic nitrogens is 2. The molecule has 2 rings (SSSR count). The van der Waals surface area contributed by atoms with Crippen LogP contribution in [0.15, 0.2) is 17.8 Å². The van der Waals surface area contributed by atoms with Gasteiger partial charge in [-0.3, -0.25) is 4.40 Å². The van der Waals surface area contributed by atoms with Crippen LogP contribution < -0.4 is 5.32 Å². The van der Waals surface area contributed by atoms with Crippen LogP contribution in [0.3, 0.4) is 0 Å². The number of methoxy groups -OCH3 is 1. The first-order chi connectivity index (χ1) is 9.40. The molecule has 0 aliphatic rings. The molecule has 0 unspecified atom stereocenters. The molecule has 19 heavy (non-hydrogen) atoms. The number of unbranched alkanes of at least 4 members (excludes halogenated alkanes) is 1. The third-order valence-electron chi connectivity index (χ3n) is 2.77. The summed E-state index contributed by atoms with van der Waals surface area (Å²) in [5.41, 5.74) is 1.10. The molecular weight excluding hydrogens is 262 g/mol. The van der Waals surface area contributed by atoms with E-state index in [1.54, 1.807) is 18.4 Å². The Balaban J connectivity index is 1.49. The maximum absolute atomic E-state index is 5.40. The van der Waals surface area contributed by atoms with Gasteiger partial charge >= 0.3 is 0 Å². The first-order valence-electron chi connectivity index (χ1n) is 6.58. The van der Waals surface area contributed by atoms with Crippen LogP contribution in [0.1, 0.15) is 18.5 Å². The van der Waals surface area contributed by atoms with E-state index in [9.17, 15) is 0 Å². The Hall–Kier alpha value is -0.950. The highest BCUT2D eigenvalue weighted by molar-refractivity contribution is 7.15. The molecule has 0 saturated carbocycles. The second-order valence-corrected chi connectivity index (χ2v) is 5.19. The number of rotatable bonds is 10. The molecule has 2 aromatic rings. The number of fused-ring (bicyclic) bond motifs is 1. The summed E-state index contributed by atoms with van der Waals surface area (Å²) < 4.78 is 12.4. The van der Waals surface area contributed by atoms with Crippen LogP contribution >= 0.6 is 11.3 Å². The van der Waals surface area contributed by atoms with Crippen molar-refractivity contribution in [2.75, 3.05) is 33.5 Å². The van der Waals surface area contributed by atoms with Gasteiger partial charge in [-0.2, -0.15) is 0 Å². The lowest BCUT2D eigenvalue weighted by molar-refractivity contribution is 0.0688. The van der Waals surface area contributed by atoms with Gasteiger partial charge in [-0.1, -0.05) is 0 Å². The van der Waals surface area contributed by atoms with Crippen molar-refractivity contribution in [2.45, 2.75) is 19.4 Å². The van der Waals surface area contributed by atoms with E-state index in [-0.39, 0.29) is 0 Å². The van der Waals surface area contributed by atoms with Crippen molar-refractivity contribution in [3.63, 3.8) is 0 Å². The van der Waals surface area contributed by atoms with E-state index in [0.717, 1.165) is 43.2 Å². The first kappa shape index (κ1) is 14.5. The van der Waals surface area contributed by atoms with Gasteiger partial charge < -0.3 is 14.8 Å². The standard InChI is InChI=1S/C13H21N3O2S/c1-17-7-8-18-6-3-2-4-14-10-12-11-16-5-9-19-13(16)15-12/h5,9,11,14H,2-4,6-8,10H2,1H3. The topological polar surface area (TPSA) is 47.8 Å². The molecule has 106 valence electrons. The Morgan fingerprint density at radius 2 is 2.26 bits per heavy atom. The van der Waals surface area contributed by atoms with Gasteiger partial charge in [-0.15, -0.1) is 11.3 Å². The molecule has 5 nitrogen and oxygen atoms in total. The van der Waals surface area contributed by atoms with Crippen molar-refractivity contribution >= 4 is 16.3 Å². The van der Waals surface area contributed by atoms with E-state index in [4.69, 9.17) is 9.47 Å². The second kappa shape index (κ2) is 8.27. The van der Waals surface area contributed by atoms with Gasteiger partial charge in [0.1, 0.15) is 0 Å². The minimum atomic E-state index is 0.676. The third-order valence-corrected chi connectivity index (χ3v) is 3.54. The number of hydrogen-bond acceptors (Lipinski definition) is 5. The predicted molar refractivity (Wildman–Crippen MR) is 76.7 cm³/mol. The molecule has 6 heteroatoms. The number of thiazole rings is 1. The molecule has 0 aliphatic carbocycles. The lowest BCUT2D eigenvalue weighted by Gasteiger charge is -2.04. The molecule has 0 fully saturated rings. The summed E-state index contributed by atoms with van der Waals surface area (Å²) in [6.07, 6.45) is 6.31. The third kappa shape index (κ3) is 4.91. The molecular formula is C13H21N3O2S. The summed E-state index contributed by atoms with van der Waals surface area (Å²) in [5.74, 6) is 0. The molecule has 0 amide bonds. The molecule has 0 radical (unpaired) electrons. The van der Waals surface area contributed by atoms with Gasteiger partial charge in [-0.25, -0.2) is 4.98 Å². The fourth-order valence-electron chi connectivity index (χ4n) is 1.78. The number of hydrogen-bond donors (Lipinski definition) is 1. The van der Waals surface area contributed by atoms with Gasteiger partial charge in [0.25, 0.3) is 0 Å². The summed E-state index contributed by atoms with van der Waals surface area (Å²) in [7, 11) is 1.69. The molecule has 1 N–H and O–H groups in total. The Morgan fingerprint density at radius 1 is 1.32 bits per heavy atom. The van der Waals surface area contributed by atoms with E-state index in [0.29, 0.717) is 13.2 Å². The van der Waals surface area contributed by atoms with Crippen molar-refractivity contribution in [2.24, 2.45) is 0 Å². The normalized spacial score (nSPS) is 11.4. The van der Waals surface area contributed by atoms with Gasteiger partial charge in [0.05, 0.1) is 18.9 Å². The molecule has 0 spiro atoms. The molecule has 2 heterocycles. The fourth-order valence-corrected chi connectivity index (χ4v) is 2.50. The molecule has 0 aliphatic heterocycles. The molecule has 2 aromatic heterocycles. The lowest BCUT2D eigenvalue weighted by Crippen LogP contribution is -2.15. The smallest absolute Gasteiger partial charge is 0.193 e. The van der Waals surface area contributed by atoms with Crippen LogP contribution in [-0.2, 0) is 16.0 Å². The van der Waals surface area contributed by atoms with E-state index in [1.807, 2.05) is 11.6 Å². The average molecular weight is 283 g/mol. The van der Waals surface area contributed by atoms with Crippen molar-refractivity contribution in [1.82, 2.24) is 14.7 Å². The van der Waals surface area contributed by atoms with E-state index in [1.165, 1.54) is 0 Å². The Bertz CT molecular complexity index is 441.